The van der Waals surface area contributed by atoms with E-state index < -0.39 is 47.4 Å². The molecule has 1 aliphatic carbocycles. The Morgan fingerprint density at radius 1 is 1.26 bits per heavy atom. The fraction of sp³-hybridized carbons (Fsp3) is 0.548. The van der Waals surface area contributed by atoms with Crippen molar-refractivity contribution >= 4 is 29.1 Å². The smallest absolute Gasteiger partial charge is 0.307 e. The van der Waals surface area contributed by atoms with Gasteiger partial charge < -0.3 is 30.5 Å². The summed E-state index contributed by atoms with van der Waals surface area (Å²) in [6.45, 7) is 6.06. The molecule has 1 aromatic carbocycles. The largest absolute Gasteiger partial charge is 0.469 e. The Labute approximate surface area is 251 Å². The number of methoxy groups -OCH3 is 1. The lowest BCUT2D eigenvalue weighted by molar-refractivity contribution is -0.144. The summed E-state index contributed by atoms with van der Waals surface area (Å²) in [4.78, 5) is 46.1. The topological polar surface area (TPSA) is 144 Å². The number of hydrogen-bond donors (Lipinski definition) is 3. The molecule has 2 heterocycles. The number of esters is 1. The highest BCUT2D eigenvalue weighted by Crippen LogP contribution is 2.30. The molecule has 1 aliphatic heterocycles. The fourth-order valence-electron chi connectivity index (χ4n) is 4.90. The van der Waals surface area contributed by atoms with Gasteiger partial charge in [-0.15, -0.1) is 11.3 Å². The molecule has 1 saturated heterocycles. The summed E-state index contributed by atoms with van der Waals surface area (Å²) >= 11 is 1.53. The number of rotatable bonds is 11. The van der Waals surface area contributed by atoms with Crippen LogP contribution in [0.25, 0.3) is 10.4 Å². The van der Waals surface area contributed by atoms with Crippen LogP contribution in [0.4, 0.5) is 0 Å². The van der Waals surface area contributed by atoms with E-state index in [4.69, 9.17) is 15.2 Å². The summed E-state index contributed by atoms with van der Waals surface area (Å²) in [6.07, 6.45) is 1.36. The van der Waals surface area contributed by atoms with E-state index >= 15 is 0 Å². The number of aryl methyl sites for hydroxylation is 1. The number of ether oxygens (including phenoxy) is 2. The van der Waals surface area contributed by atoms with E-state index in [0.717, 1.165) is 29.0 Å². The maximum absolute atomic E-state index is 13.6. The summed E-state index contributed by atoms with van der Waals surface area (Å²) < 4.78 is 10.6. The molecular weight excluding hydrogens is 556 g/mol. The Morgan fingerprint density at radius 3 is 2.60 bits per heavy atom. The monoisotopic (exact) mass is 596 g/mol. The van der Waals surface area contributed by atoms with Crippen molar-refractivity contribution in [1.82, 2.24) is 15.2 Å². The number of amides is 2. The highest BCUT2D eigenvalue weighted by molar-refractivity contribution is 7.13. The van der Waals surface area contributed by atoms with Gasteiger partial charge >= 0.3 is 5.97 Å². The fourth-order valence-corrected chi connectivity index (χ4v) is 5.71. The van der Waals surface area contributed by atoms with Crippen LogP contribution in [-0.4, -0.2) is 77.8 Å². The molecule has 2 fully saturated rings. The summed E-state index contributed by atoms with van der Waals surface area (Å²) in [5.41, 5.74) is 10.1. The first kappa shape index (κ1) is 31.6. The van der Waals surface area contributed by atoms with Crippen LogP contribution < -0.4 is 11.1 Å². The number of aliphatic hydroxyl groups is 1. The average Bonchev–Trinajstić information content (AvgIpc) is 3.56. The average molecular weight is 597 g/mol. The zero-order chi connectivity index (χ0) is 30.4. The number of thiazole rings is 1. The third kappa shape index (κ3) is 7.95. The maximum Gasteiger partial charge on any atom is 0.307 e. The summed E-state index contributed by atoms with van der Waals surface area (Å²) in [5, 5.41) is 13.4. The Morgan fingerprint density at radius 2 is 1.98 bits per heavy atom. The third-order valence-electron chi connectivity index (χ3n) is 7.74. The molecule has 1 aromatic heterocycles. The molecule has 42 heavy (non-hydrogen) atoms. The molecule has 2 aliphatic rings. The molecular formula is C31H40N4O6S. The molecule has 11 heteroatoms. The number of hydrogen-bond acceptors (Lipinski definition) is 9. The van der Waals surface area contributed by atoms with Gasteiger partial charge in [-0.05, 0) is 30.9 Å². The van der Waals surface area contributed by atoms with Crippen LogP contribution in [0.3, 0.4) is 0 Å². The number of aromatic nitrogens is 1. The number of carbonyl (C=O) groups is 3. The minimum Gasteiger partial charge on any atom is -0.469 e. The van der Waals surface area contributed by atoms with Crippen molar-refractivity contribution < 1.29 is 29.0 Å². The van der Waals surface area contributed by atoms with Crippen LogP contribution in [-0.2, 0) is 23.9 Å². The molecule has 0 unspecified atom stereocenters. The number of nitrogens with zero attached hydrogens (tertiary/aromatic N) is 2. The molecule has 2 amide bonds. The van der Waals surface area contributed by atoms with Gasteiger partial charge in [0.15, 0.2) is 0 Å². The van der Waals surface area contributed by atoms with E-state index in [9.17, 15) is 19.5 Å². The Balaban J connectivity index is 1.44. The van der Waals surface area contributed by atoms with Crippen molar-refractivity contribution in [3.8, 4) is 22.3 Å². The number of likely N-dealkylation sites (tertiary alicyclic amines) is 1. The molecule has 2 aromatic rings. The van der Waals surface area contributed by atoms with Crippen molar-refractivity contribution in [2.24, 2.45) is 17.1 Å². The van der Waals surface area contributed by atoms with Gasteiger partial charge in [0.25, 0.3) is 0 Å². The Kier molecular flexibility index (Phi) is 10.4. The van der Waals surface area contributed by atoms with E-state index in [1.165, 1.54) is 23.3 Å². The Bertz CT molecular complexity index is 1330. The number of β-amino-alcohol motifs (C(OH)–C–C–N with tert-alkyl or cyclic N) is 1. The van der Waals surface area contributed by atoms with Crippen LogP contribution in [0.5, 0.6) is 0 Å². The van der Waals surface area contributed by atoms with E-state index in [2.05, 4.69) is 22.1 Å². The van der Waals surface area contributed by atoms with Crippen molar-refractivity contribution in [3.63, 3.8) is 0 Å². The highest BCUT2D eigenvalue weighted by atomic mass is 32.1. The maximum atomic E-state index is 13.6. The van der Waals surface area contributed by atoms with Gasteiger partial charge in [-0.25, -0.2) is 4.98 Å². The van der Waals surface area contributed by atoms with Gasteiger partial charge in [0, 0.05) is 24.3 Å². The molecule has 4 rings (SSSR count). The normalized spacial score (nSPS) is 19.9. The van der Waals surface area contributed by atoms with Crippen molar-refractivity contribution in [2.75, 3.05) is 26.9 Å². The van der Waals surface area contributed by atoms with Crippen LogP contribution in [0, 0.1) is 30.1 Å². The van der Waals surface area contributed by atoms with E-state index in [1.54, 1.807) is 5.51 Å². The third-order valence-corrected chi connectivity index (χ3v) is 8.72. The number of carbonyl (C=O) groups excluding carboxylic acids is 3. The minimum absolute atomic E-state index is 0.0149. The van der Waals surface area contributed by atoms with Gasteiger partial charge in [-0.3, -0.25) is 14.4 Å². The summed E-state index contributed by atoms with van der Waals surface area (Å²) in [6, 6.07) is 4.92. The lowest BCUT2D eigenvalue weighted by Crippen LogP contribution is -2.56. The quantitative estimate of drug-likeness (QED) is 0.204. The number of aliphatic hydroxyl groups excluding tert-OH is 1. The predicted molar refractivity (Wildman–Crippen MR) is 159 cm³/mol. The lowest BCUT2D eigenvalue weighted by atomic mass is 9.85. The Hall–Kier alpha value is -3.30. The van der Waals surface area contributed by atoms with Crippen molar-refractivity contribution in [3.05, 3.63) is 41.0 Å². The molecule has 226 valence electrons. The lowest BCUT2D eigenvalue weighted by Gasteiger charge is -2.35. The molecule has 0 radical (unpaired) electrons. The van der Waals surface area contributed by atoms with E-state index in [0.29, 0.717) is 11.5 Å². The zero-order valence-corrected chi connectivity index (χ0v) is 25.4. The zero-order valence-electron chi connectivity index (χ0n) is 24.6. The van der Waals surface area contributed by atoms with Crippen LogP contribution in [0.2, 0.25) is 0 Å². The van der Waals surface area contributed by atoms with E-state index in [-0.39, 0.29) is 32.6 Å². The van der Waals surface area contributed by atoms with Gasteiger partial charge in [0.05, 0.1) is 54.4 Å². The minimum atomic E-state index is -0.969. The predicted octanol–water partition coefficient (Wildman–Crippen LogP) is 2.58. The summed E-state index contributed by atoms with van der Waals surface area (Å²) in [5.74, 6) is 5.20. The SMILES string of the molecule is COC(=O)C[C@H](NC(=O)[C@@H]1C[C@@H](O)CN1C(=O)[C@H](N)C(C)(C)COCC#CC1CC1)c1ccc(-c2scnc2C)cc1. The number of nitrogens with two attached hydrogens (primary N) is 1. The first-order valence-electron chi connectivity index (χ1n) is 14.2. The second kappa shape index (κ2) is 13.8. The van der Waals surface area contributed by atoms with Crippen LogP contribution in [0.15, 0.2) is 29.8 Å². The van der Waals surface area contributed by atoms with Crippen molar-refractivity contribution in [1.29, 1.82) is 0 Å². The molecule has 4 N–H and O–H groups in total. The number of benzene rings is 1. The number of nitrogens with one attached hydrogen (secondary N) is 1. The molecule has 1 saturated carbocycles. The highest BCUT2D eigenvalue weighted by Gasteiger charge is 2.44. The molecule has 0 bridgehead atoms. The van der Waals surface area contributed by atoms with Crippen LogP contribution in [0.1, 0.15) is 56.8 Å². The molecule has 4 atom stereocenters. The molecule has 0 spiro atoms. The van der Waals surface area contributed by atoms with Crippen molar-refractivity contribution in [2.45, 2.75) is 70.7 Å². The van der Waals surface area contributed by atoms with Gasteiger partial charge in [-0.2, -0.15) is 0 Å². The van der Waals surface area contributed by atoms with E-state index in [1.807, 2.05) is 45.0 Å². The summed E-state index contributed by atoms with van der Waals surface area (Å²) in [7, 11) is 1.29. The second-order valence-corrected chi connectivity index (χ2v) is 12.5. The van der Waals surface area contributed by atoms with Gasteiger partial charge in [0.2, 0.25) is 11.8 Å². The standard InChI is InChI=1S/C31H40N4O6S/c1-19-27(42-18-33-19)22-11-9-21(10-12-22)24(15-26(37)40-4)34-29(38)25-14-23(36)16-35(25)30(39)28(32)31(2,3)17-41-13-5-6-20-7-8-20/h9-12,18,20,23-25,28,36H,7-8,13-17,32H2,1-4H3,(H,34,38)/t23-,24+,25+,28+/m1/s1. The van der Waals surface area contributed by atoms with Gasteiger partial charge in [-0.1, -0.05) is 50.0 Å². The second-order valence-electron chi connectivity index (χ2n) is 11.7. The van der Waals surface area contributed by atoms with Gasteiger partial charge in [0.1, 0.15) is 12.6 Å². The first-order chi connectivity index (χ1) is 20.0. The molecule has 10 nitrogen and oxygen atoms in total. The van der Waals surface area contributed by atoms with Crippen LogP contribution >= 0.6 is 11.3 Å². The first-order valence-corrected chi connectivity index (χ1v) is 15.1.